The minimum absolute atomic E-state index is 0.121. The van der Waals surface area contributed by atoms with Crippen molar-refractivity contribution in [3.05, 3.63) is 59.4 Å². The number of oxazole rings is 1. The number of fused-ring (bicyclic) bond motifs is 1. The molecule has 1 saturated heterocycles. The average molecular weight is 356 g/mol. The van der Waals surface area contributed by atoms with Crippen molar-refractivity contribution in [3.8, 4) is 0 Å². The molecule has 3 aromatic rings. The molecule has 1 aromatic heterocycles. The summed E-state index contributed by atoms with van der Waals surface area (Å²) in [6, 6.07) is 14.9. The van der Waals surface area contributed by atoms with Gasteiger partial charge >= 0.3 is 6.03 Å². The molecule has 1 N–H and O–H groups in total. The number of carbonyl (C=O) groups is 1. The first-order valence-electron chi connectivity index (χ1n) is 8.36. The molecular weight excluding hydrogens is 338 g/mol. The maximum absolute atomic E-state index is 12.4. The van der Waals surface area contributed by atoms with Crippen LogP contribution >= 0.6 is 11.6 Å². The fraction of sp³-hybridized carbons (Fsp3) is 0.263. The third-order valence-corrected chi connectivity index (χ3v) is 4.89. The molecule has 0 radical (unpaired) electrons. The quantitative estimate of drug-likeness (QED) is 0.711. The Bertz CT molecular complexity index is 867. The van der Waals surface area contributed by atoms with Gasteiger partial charge in [-0.05, 0) is 37.1 Å². The summed E-state index contributed by atoms with van der Waals surface area (Å²) in [6.45, 7) is 1.33. The molecule has 2 heterocycles. The van der Waals surface area contributed by atoms with Crippen molar-refractivity contribution in [2.24, 2.45) is 0 Å². The molecule has 0 spiro atoms. The van der Waals surface area contributed by atoms with Crippen LogP contribution in [0.25, 0.3) is 11.1 Å². The zero-order chi connectivity index (χ0) is 17.2. The highest BCUT2D eigenvalue weighted by atomic mass is 35.5. The molecule has 0 bridgehead atoms. The monoisotopic (exact) mass is 355 g/mol. The Morgan fingerprint density at radius 3 is 2.60 bits per heavy atom. The first kappa shape index (κ1) is 16.0. The van der Waals surface area contributed by atoms with Gasteiger partial charge in [0.1, 0.15) is 5.52 Å². The lowest BCUT2D eigenvalue weighted by Crippen LogP contribution is -2.40. The number of halogens is 1. The van der Waals surface area contributed by atoms with Gasteiger partial charge in [0.15, 0.2) is 11.5 Å². The lowest BCUT2D eigenvalue weighted by Gasteiger charge is -2.30. The van der Waals surface area contributed by atoms with Gasteiger partial charge in [0, 0.05) is 19.0 Å². The summed E-state index contributed by atoms with van der Waals surface area (Å²) in [5.41, 5.74) is 2.34. The summed E-state index contributed by atoms with van der Waals surface area (Å²) < 4.78 is 5.87. The Hall–Kier alpha value is -2.53. The molecule has 1 aliphatic heterocycles. The number of aromatic nitrogens is 1. The SMILES string of the molecule is O=C(Nc1ccccc1Cl)N1CCC(c2nc3ccccc3o2)CC1. The van der Waals surface area contributed by atoms with Gasteiger partial charge < -0.3 is 14.6 Å². The molecule has 5 nitrogen and oxygen atoms in total. The summed E-state index contributed by atoms with van der Waals surface area (Å²) in [7, 11) is 0. The van der Waals surface area contributed by atoms with Crippen LogP contribution in [0.15, 0.2) is 52.9 Å². The van der Waals surface area contributed by atoms with E-state index in [1.165, 1.54) is 0 Å². The molecule has 0 saturated carbocycles. The van der Waals surface area contributed by atoms with E-state index in [-0.39, 0.29) is 11.9 Å². The van der Waals surface area contributed by atoms with Gasteiger partial charge in [0.2, 0.25) is 0 Å². The second-order valence-electron chi connectivity index (χ2n) is 6.19. The van der Waals surface area contributed by atoms with Crippen molar-refractivity contribution in [2.45, 2.75) is 18.8 Å². The molecule has 1 aliphatic rings. The Morgan fingerprint density at radius 2 is 1.84 bits per heavy atom. The number of carbonyl (C=O) groups excluding carboxylic acids is 1. The molecule has 128 valence electrons. The number of anilines is 1. The fourth-order valence-electron chi connectivity index (χ4n) is 3.15. The second-order valence-corrected chi connectivity index (χ2v) is 6.60. The normalized spacial score (nSPS) is 15.5. The van der Waals surface area contributed by atoms with E-state index in [2.05, 4.69) is 10.3 Å². The smallest absolute Gasteiger partial charge is 0.321 e. The maximum atomic E-state index is 12.4. The first-order valence-corrected chi connectivity index (χ1v) is 8.74. The van der Waals surface area contributed by atoms with Gasteiger partial charge in [-0.25, -0.2) is 9.78 Å². The number of rotatable bonds is 2. The number of benzene rings is 2. The minimum atomic E-state index is -0.121. The van der Waals surface area contributed by atoms with E-state index in [4.69, 9.17) is 16.0 Å². The van der Waals surface area contributed by atoms with Crippen molar-refractivity contribution in [3.63, 3.8) is 0 Å². The van der Waals surface area contributed by atoms with Crippen molar-refractivity contribution < 1.29 is 9.21 Å². The minimum Gasteiger partial charge on any atom is -0.440 e. The van der Waals surface area contributed by atoms with Crippen molar-refractivity contribution >= 4 is 34.4 Å². The Balaban J connectivity index is 1.39. The lowest BCUT2D eigenvalue weighted by atomic mass is 9.97. The molecule has 2 amide bonds. The average Bonchev–Trinajstić information content (AvgIpc) is 3.08. The molecule has 0 unspecified atom stereocenters. The summed E-state index contributed by atoms with van der Waals surface area (Å²) in [4.78, 5) is 18.8. The Labute approximate surface area is 150 Å². The van der Waals surface area contributed by atoms with Crippen LogP contribution in [0.4, 0.5) is 10.5 Å². The van der Waals surface area contributed by atoms with E-state index >= 15 is 0 Å². The van der Waals surface area contributed by atoms with E-state index < -0.39 is 0 Å². The van der Waals surface area contributed by atoms with Crippen molar-refractivity contribution in [1.29, 1.82) is 0 Å². The number of hydrogen-bond acceptors (Lipinski definition) is 3. The third-order valence-electron chi connectivity index (χ3n) is 4.56. The highest BCUT2D eigenvalue weighted by molar-refractivity contribution is 6.33. The predicted octanol–water partition coefficient (Wildman–Crippen LogP) is 4.89. The first-order chi connectivity index (χ1) is 12.2. The fourth-order valence-corrected chi connectivity index (χ4v) is 3.33. The number of nitrogens with zero attached hydrogens (tertiary/aromatic N) is 2. The van der Waals surface area contributed by atoms with Gasteiger partial charge in [0.05, 0.1) is 10.7 Å². The standard InChI is InChI=1S/C19H18ClN3O2/c20-14-5-1-2-6-15(14)22-19(24)23-11-9-13(10-12-23)18-21-16-7-3-4-8-17(16)25-18/h1-8,13H,9-12H2,(H,22,24). The van der Waals surface area contributed by atoms with Crippen molar-refractivity contribution in [1.82, 2.24) is 9.88 Å². The van der Waals surface area contributed by atoms with Crippen LogP contribution in [-0.2, 0) is 0 Å². The van der Waals surface area contributed by atoms with E-state index in [1.807, 2.05) is 41.3 Å². The molecule has 25 heavy (non-hydrogen) atoms. The molecule has 6 heteroatoms. The topological polar surface area (TPSA) is 58.4 Å². The third kappa shape index (κ3) is 3.33. The summed E-state index contributed by atoms with van der Waals surface area (Å²) in [5.74, 6) is 1.02. The van der Waals surface area contributed by atoms with E-state index in [1.54, 1.807) is 12.1 Å². The second kappa shape index (κ2) is 6.76. The maximum Gasteiger partial charge on any atom is 0.321 e. The number of hydrogen-bond donors (Lipinski definition) is 1. The van der Waals surface area contributed by atoms with E-state index in [0.29, 0.717) is 23.8 Å². The van der Waals surface area contributed by atoms with Crippen LogP contribution in [0.5, 0.6) is 0 Å². The van der Waals surface area contributed by atoms with Crippen molar-refractivity contribution in [2.75, 3.05) is 18.4 Å². The van der Waals surface area contributed by atoms with Crippen LogP contribution in [0.2, 0.25) is 5.02 Å². The number of amides is 2. The molecule has 4 rings (SSSR count). The highest BCUT2D eigenvalue weighted by Crippen LogP contribution is 2.30. The molecule has 2 aromatic carbocycles. The molecule has 1 fully saturated rings. The molecular formula is C19H18ClN3O2. The van der Waals surface area contributed by atoms with Gasteiger partial charge in [-0.2, -0.15) is 0 Å². The number of para-hydroxylation sites is 3. The zero-order valence-corrected chi connectivity index (χ0v) is 14.4. The van der Waals surface area contributed by atoms with E-state index in [9.17, 15) is 4.79 Å². The van der Waals surface area contributed by atoms with Gasteiger partial charge in [-0.3, -0.25) is 0 Å². The predicted molar refractivity (Wildman–Crippen MR) is 98.0 cm³/mol. The summed E-state index contributed by atoms with van der Waals surface area (Å²) >= 11 is 6.10. The highest BCUT2D eigenvalue weighted by Gasteiger charge is 2.27. The van der Waals surface area contributed by atoms with Gasteiger partial charge in [-0.1, -0.05) is 35.9 Å². The Kier molecular flexibility index (Phi) is 4.32. The van der Waals surface area contributed by atoms with Gasteiger partial charge in [-0.15, -0.1) is 0 Å². The number of nitrogens with one attached hydrogen (secondary N) is 1. The van der Waals surface area contributed by atoms with Crippen LogP contribution in [0, 0.1) is 0 Å². The zero-order valence-electron chi connectivity index (χ0n) is 13.6. The molecule has 0 aliphatic carbocycles. The van der Waals surface area contributed by atoms with Crippen LogP contribution in [0.1, 0.15) is 24.7 Å². The number of urea groups is 1. The summed E-state index contributed by atoms with van der Waals surface area (Å²) in [6.07, 6.45) is 1.67. The van der Waals surface area contributed by atoms with Crippen LogP contribution in [0.3, 0.4) is 0 Å². The molecule has 0 atom stereocenters. The number of piperidine rings is 1. The lowest BCUT2D eigenvalue weighted by molar-refractivity contribution is 0.190. The van der Waals surface area contributed by atoms with Crippen LogP contribution < -0.4 is 5.32 Å². The summed E-state index contributed by atoms with van der Waals surface area (Å²) in [5, 5.41) is 3.41. The number of likely N-dealkylation sites (tertiary alicyclic amines) is 1. The van der Waals surface area contributed by atoms with Crippen LogP contribution in [-0.4, -0.2) is 29.0 Å². The Morgan fingerprint density at radius 1 is 1.12 bits per heavy atom. The van der Waals surface area contributed by atoms with E-state index in [0.717, 1.165) is 29.8 Å². The largest absolute Gasteiger partial charge is 0.440 e. The van der Waals surface area contributed by atoms with Gasteiger partial charge in [0.25, 0.3) is 0 Å².